The summed E-state index contributed by atoms with van der Waals surface area (Å²) in [5.74, 6) is -2.71. The number of rotatable bonds is 4. The molecule has 0 aromatic heterocycles. The fourth-order valence-electron chi connectivity index (χ4n) is 3.72. The van der Waals surface area contributed by atoms with E-state index in [1.54, 1.807) is 24.3 Å². The van der Waals surface area contributed by atoms with Gasteiger partial charge in [0.2, 0.25) is 10.0 Å². The number of aliphatic hydroxyl groups excluding tert-OH is 1. The number of nitrogens with zero attached hydrogens (tertiary/aromatic N) is 1. The van der Waals surface area contributed by atoms with Gasteiger partial charge in [0.15, 0.2) is 0 Å². The molecule has 168 valence electrons. The summed E-state index contributed by atoms with van der Waals surface area (Å²) in [5, 5.41) is 16.2. The largest absolute Gasteiger partial charge is 0.507 e. The molecule has 0 spiro atoms. The van der Waals surface area contributed by atoms with Gasteiger partial charge in [0.1, 0.15) is 11.6 Å². The van der Waals surface area contributed by atoms with Gasteiger partial charge in [-0.05, 0) is 48.9 Å². The third-order valence-electron chi connectivity index (χ3n) is 5.40. The highest BCUT2D eigenvalue weighted by atomic mass is 32.2. The highest BCUT2D eigenvalue weighted by molar-refractivity contribution is 7.89. The normalized spacial score (nSPS) is 18.0. The molecule has 1 atom stereocenters. The summed E-state index contributed by atoms with van der Waals surface area (Å²) in [5.41, 5.74) is 1.72. The molecule has 0 radical (unpaired) electrons. The van der Waals surface area contributed by atoms with Crippen molar-refractivity contribution in [2.45, 2.75) is 17.9 Å². The van der Waals surface area contributed by atoms with Crippen molar-refractivity contribution in [3.05, 3.63) is 101 Å². The molecule has 1 aliphatic heterocycles. The maximum atomic E-state index is 13.6. The van der Waals surface area contributed by atoms with Gasteiger partial charge in [0.05, 0.1) is 16.5 Å². The minimum absolute atomic E-state index is 0.161. The van der Waals surface area contributed by atoms with E-state index in [1.807, 2.05) is 6.92 Å². The van der Waals surface area contributed by atoms with Crippen molar-refractivity contribution in [1.82, 2.24) is 0 Å². The molecular weight excluding hydrogens is 447 g/mol. The monoisotopic (exact) mass is 466 g/mol. The molecular formula is C24H19FN2O5S. The number of hydrogen-bond donors (Lipinski definition) is 2. The fourth-order valence-corrected chi connectivity index (χ4v) is 4.24. The lowest BCUT2D eigenvalue weighted by atomic mass is 9.95. The van der Waals surface area contributed by atoms with Gasteiger partial charge in [0.25, 0.3) is 11.7 Å². The summed E-state index contributed by atoms with van der Waals surface area (Å²) in [4.78, 5) is 27.1. The Bertz CT molecular complexity index is 1380. The second kappa shape index (κ2) is 8.27. The van der Waals surface area contributed by atoms with E-state index in [-0.39, 0.29) is 21.9 Å². The van der Waals surface area contributed by atoms with Gasteiger partial charge < -0.3 is 5.11 Å². The number of benzene rings is 3. The van der Waals surface area contributed by atoms with Crippen LogP contribution in [0, 0.1) is 12.7 Å². The first-order valence-corrected chi connectivity index (χ1v) is 11.4. The topological polar surface area (TPSA) is 118 Å². The number of ketones is 1. The molecule has 9 heteroatoms. The predicted octanol–water partition coefficient (Wildman–Crippen LogP) is 3.41. The first-order valence-electron chi connectivity index (χ1n) is 9.84. The van der Waals surface area contributed by atoms with E-state index in [1.165, 1.54) is 48.5 Å². The molecule has 1 amide bonds. The lowest BCUT2D eigenvalue weighted by Gasteiger charge is -2.25. The highest BCUT2D eigenvalue weighted by Gasteiger charge is 2.47. The standard InChI is InChI=1S/C24H19FN2O5S/c1-14-2-4-16(5-3-14)22(28)20-21(15-6-8-17(25)9-7-15)27(24(30)23(20)29)18-10-12-19(13-11-18)33(26,31)32/h2-13,21,28H,1H3,(H2,26,31,32)/t21-/m1/s1. The third kappa shape index (κ3) is 4.15. The van der Waals surface area contributed by atoms with Crippen LogP contribution < -0.4 is 10.0 Å². The Morgan fingerprint density at radius 3 is 2.06 bits per heavy atom. The van der Waals surface area contributed by atoms with E-state index in [2.05, 4.69) is 0 Å². The number of sulfonamides is 1. The number of anilines is 1. The van der Waals surface area contributed by atoms with Crippen LogP contribution in [0.3, 0.4) is 0 Å². The Balaban J connectivity index is 1.91. The van der Waals surface area contributed by atoms with E-state index >= 15 is 0 Å². The average Bonchev–Trinajstić information content (AvgIpc) is 3.04. The van der Waals surface area contributed by atoms with Crippen LogP contribution in [0.15, 0.2) is 83.3 Å². The summed E-state index contributed by atoms with van der Waals surface area (Å²) in [6.07, 6.45) is 0. The average molecular weight is 466 g/mol. The molecule has 0 saturated carbocycles. The molecule has 3 aromatic rings. The zero-order valence-electron chi connectivity index (χ0n) is 17.4. The highest BCUT2D eigenvalue weighted by Crippen LogP contribution is 2.42. The number of aliphatic hydroxyl groups is 1. The van der Waals surface area contributed by atoms with Gasteiger partial charge in [-0.3, -0.25) is 14.5 Å². The summed E-state index contributed by atoms with van der Waals surface area (Å²) >= 11 is 0. The SMILES string of the molecule is Cc1ccc(C(O)=C2C(=O)C(=O)N(c3ccc(S(N)(=O)=O)cc3)[C@@H]2c2ccc(F)cc2)cc1. The zero-order valence-corrected chi connectivity index (χ0v) is 18.2. The van der Waals surface area contributed by atoms with Crippen molar-refractivity contribution in [2.24, 2.45) is 5.14 Å². The van der Waals surface area contributed by atoms with Gasteiger partial charge in [-0.25, -0.2) is 17.9 Å². The van der Waals surface area contributed by atoms with Crippen LogP contribution in [0.5, 0.6) is 0 Å². The number of hydrogen-bond acceptors (Lipinski definition) is 5. The molecule has 0 bridgehead atoms. The van der Waals surface area contributed by atoms with Crippen LogP contribution >= 0.6 is 0 Å². The zero-order chi connectivity index (χ0) is 23.9. The van der Waals surface area contributed by atoms with Gasteiger partial charge in [-0.2, -0.15) is 0 Å². The maximum Gasteiger partial charge on any atom is 0.300 e. The van der Waals surface area contributed by atoms with Crippen LogP contribution in [-0.4, -0.2) is 25.2 Å². The molecule has 1 saturated heterocycles. The summed E-state index contributed by atoms with van der Waals surface area (Å²) < 4.78 is 36.8. The predicted molar refractivity (Wildman–Crippen MR) is 120 cm³/mol. The maximum absolute atomic E-state index is 13.6. The number of aryl methyl sites for hydroxylation is 1. The molecule has 3 aromatic carbocycles. The van der Waals surface area contributed by atoms with Crippen LogP contribution in [0.2, 0.25) is 0 Å². The number of carbonyl (C=O) groups is 2. The summed E-state index contributed by atoms with van der Waals surface area (Å²) in [6, 6.07) is 16.0. The van der Waals surface area contributed by atoms with Crippen molar-refractivity contribution in [2.75, 3.05) is 4.90 Å². The number of primary sulfonamides is 1. The molecule has 1 aliphatic rings. The third-order valence-corrected chi connectivity index (χ3v) is 6.33. The molecule has 3 N–H and O–H groups in total. The van der Waals surface area contributed by atoms with Gasteiger partial charge >= 0.3 is 0 Å². The number of Topliss-reactive ketones (excluding diaryl/α,β-unsaturated/α-hetero) is 1. The Morgan fingerprint density at radius 2 is 1.52 bits per heavy atom. The van der Waals surface area contributed by atoms with Gasteiger partial charge in [0, 0.05) is 11.3 Å². The molecule has 1 fully saturated rings. The van der Waals surface area contributed by atoms with E-state index in [9.17, 15) is 27.5 Å². The van der Waals surface area contributed by atoms with E-state index in [0.29, 0.717) is 11.1 Å². The fraction of sp³-hybridized carbons (Fsp3) is 0.0833. The smallest absolute Gasteiger partial charge is 0.300 e. The molecule has 33 heavy (non-hydrogen) atoms. The Labute approximate surface area is 189 Å². The van der Waals surface area contributed by atoms with E-state index in [4.69, 9.17) is 5.14 Å². The lowest BCUT2D eigenvalue weighted by molar-refractivity contribution is -0.132. The van der Waals surface area contributed by atoms with E-state index < -0.39 is 33.6 Å². The lowest BCUT2D eigenvalue weighted by Crippen LogP contribution is -2.29. The number of carbonyl (C=O) groups excluding carboxylic acids is 2. The van der Waals surface area contributed by atoms with Crippen LogP contribution in [0.1, 0.15) is 22.7 Å². The molecule has 7 nitrogen and oxygen atoms in total. The number of amides is 1. The quantitative estimate of drug-likeness (QED) is 0.347. The Morgan fingerprint density at radius 1 is 0.939 bits per heavy atom. The van der Waals surface area contributed by atoms with Crippen LogP contribution in [0.4, 0.5) is 10.1 Å². The van der Waals surface area contributed by atoms with Crippen LogP contribution in [-0.2, 0) is 19.6 Å². The van der Waals surface area contributed by atoms with Crippen LogP contribution in [0.25, 0.3) is 5.76 Å². The number of nitrogens with two attached hydrogens (primary N) is 1. The van der Waals surface area contributed by atoms with Crippen molar-refractivity contribution >= 4 is 33.2 Å². The second-order valence-electron chi connectivity index (χ2n) is 7.63. The van der Waals surface area contributed by atoms with Crippen molar-refractivity contribution in [3.8, 4) is 0 Å². The van der Waals surface area contributed by atoms with Gasteiger partial charge in [-0.15, -0.1) is 0 Å². The number of halogens is 1. The molecule has 0 aliphatic carbocycles. The first-order chi connectivity index (χ1) is 15.6. The summed E-state index contributed by atoms with van der Waals surface area (Å²) in [7, 11) is -3.96. The minimum Gasteiger partial charge on any atom is -0.507 e. The first kappa shape index (κ1) is 22.4. The second-order valence-corrected chi connectivity index (χ2v) is 9.19. The minimum atomic E-state index is -3.96. The van der Waals surface area contributed by atoms with Crippen molar-refractivity contribution in [3.63, 3.8) is 0 Å². The molecule has 1 heterocycles. The van der Waals surface area contributed by atoms with E-state index in [0.717, 1.165) is 10.5 Å². The molecule has 4 rings (SSSR count). The molecule has 0 unspecified atom stereocenters. The summed E-state index contributed by atoms with van der Waals surface area (Å²) in [6.45, 7) is 1.87. The van der Waals surface area contributed by atoms with Crippen molar-refractivity contribution < 1.29 is 27.5 Å². The van der Waals surface area contributed by atoms with Crippen molar-refractivity contribution in [1.29, 1.82) is 0 Å². The Kier molecular flexibility index (Phi) is 5.61. The Hall–Kier alpha value is -3.82. The van der Waals surface area contributed by atoms with Gasteiger partial charge in [-0.1, -0.05) is 42.0 Å².